The summed E-state index contributed by atoms with van der Waals surface area (Å²) in [5.41, 5.74) is 4.23. The second-order valence-corrected chi connectivity index (χ2v) is 10.4. The fraction of sp³-hybridized carbons (Fsp3) is 0.357. The first-order valence-corrected chi connectivity index (χ1v) is 13.1. The van der Waals surface area contributed by atoms with E-state index in [1.54, 1.807) is 11.3 Å². The Kier molecular flexibility index (Phi) is 8.55. The van der Waals surface area contributed by atoms with Gasteiger partial charge in [0.25, 0.3) is 0 Å². The zero-order valence-corrected chi connectivity index (χ0v) is 21.2. The molecule has 6 nitrogen and oxygen atoms in total. The number of benzene rings is 2. The normalized spacial score (nSPS) is 16.9. The van der Waals surface area contributed by atoms with Crippen LogP contribution in [0.5, 0.6) is 0 Å². The smallest absolute Gasteiger partial charge is 0.319 e. The Hall–Kier alpha value is -3.16. The quantitative estimate of drug-likeness (QED) is 0.411. The number of nitrogens with one attached hydrogen (secondary N) is 3. The molecule has 0 saturated carbocycles. The van der Waals surface area contributed by atoms with Gasteiger partial charge >= 0.3 is 6.03 Å². The van der Waals surface area contributed by atoms with Crippen molar-refractivity contribution in [1.82, 2.24) is 15.5 Å². The number of carbonyl (C=O) groups excluding carboxylic acids is 2. The van der Waals surface area contributed by atoms with Crippen LogP contribution in [-0.2, 0) is 4.79 Å². The molecule has 3 aromatic rings. The Morgan fingerprint density at radius 3 is 2.43 bits per heavy atom. The van der Waals surface area contributed by atoms with Crippen molar-refractivity contribution in [1.29, 1.82) is 0 Å². The van der Waals surface area contributed by atoms with Crippen LogP contribution in [0.15, 0.2) is 66.0 Å². The number of rotatable bonds is 8. The van der Waals surface area contributed by atoms with Gasteiger partial charge in [0.15, 0.2) is 0 Å². The Balaban J connectivity index is 1.27. The largest absolute Gasteiger partial charge is 0.343 e. The molecule has 1 fully saturated rings. The average Bonchev–Trinajstić information content (AvgIpc) is 3.38. The van der Waals surface area contributed by atoms with Gasteiger partial charge in [-0.15, -0.1) is 11.3 Å². The van der Waals surface area contributed by atoms with E-state index in [2.05, 4.69) is 58.1 Å². The lowest BCUT2D eigenvalue weighted by molar-refractivity contribution is -0.123. The van der Waals surface area contributed by atoms with E-state index in [0.717, 1.165) is 47.6 Å². The molecule has 35 heavy (non-hydrogen) atoms. The van der Waals surface area contributed by atoms with Crippen LogP contribution in [0.25, 0.3) is 0 Å². The first kappa shape index (κ1) is 24.9. The van der Waals surface area contributed by atoms with Gasteiger partial charge in [0.05, 0.1) is 12.6 Å². The molecular weight excluding hydrogens is 456 g/mol. The minimum atomic E-state index is -0.194. The van der Waals surface area contributed by atoms with E-state index in [9.17, 15) is 9.59 Å². The molecule has 2 heterocycles. The second-order valence-electron chi connectivity index (χ2n) is 9.37. The maximum atomic E-state index is 13.0. The molecule has 0 radical (unpaired) electrons. The minimum absolute atomic E-state index is 0.0229. The number of hydrogen-bond acceptors (Lipinski definition) is 4. The topological polar surface area (TPSA) is 73.5 Å². The van der Waals surface area contributed by atoms with Crippen LogP contribution >= 0.6 is 11.3 Å². The van der Waals surface area contributed by atoms with Gasteiger partial charge < -0.3 is 16.0 Å². The van der Waals surface area contributed by atoms with Gasteiger partial charge in [-0.05, 0) is 68.3 Å². The fourth-order valence-electron chi connectivity index (χ4n) is 4.45. The minimum Gasteiger partial charge on any atom is -0.343 e. The van der Waals surface area contributed by atoms with E-state index < -0.39 is 0 Å². The summed E-state index contributed by atoms with van der Waals surface area (Å²) in [4.78, 5) is 28.6. The van der Waals surface area contributed by atoms with E-state index in [0.29, 0.717) is 19.0 Å². The maximum Gasteiger partial charge on any atom is 0.319 e. The molecule has 184 valence electrons. The zero-order chi connectivity index (χ0) is 24.6. The predicted molar refractivity (Wildman–Crippen MR) is 143 cm³/mol. The van der Waals surface area contributed by atoms with Crippen LogP contribution in [0, 0.1) is 19.8 Å². The standard InChI is InChI=1S/C28H34N4O2S/c1-20-7-11-23(12-8-20)27(25-6-4-16-35-25)31-26(33)19-32-15-3-5-22(18-32)17-29-28(34)30-24-13-9-21(2)10-14-24/h4,6-14,16,22,27H,3,5,15,17-19H2,1-2H3,(H,31,33)(H2,29,30,34). The average molecular weight is 491 g/mol. The number of anilines is 1. The van der Waals surface area contributed by atoms with E-state index >= 15 is 0 Å². The molecule has 2 atom stereocenters. The lowest BCUT2D eigenvalue weighted by atomic mass is 9.98. The monoisotopic (exact) mass is 490 g/mol. The summed E-state index contributed by atoms with van der Waals surface area (Å²) < 4.78 is 0. The molecule has 0 bridgehead atoms. The van der Waals surface area contributed by atoms with Crippen molar-refractivity contribution in [3.05, 3.63) is 87.6 Å². The highest BCUT2D eigenvalue weighted by molar-refractivity contribution is 7.10. The molecule has 2 unspecified atom stereocenters. The van der Waals surface area contributed by atoms with Crippen LogP contribution in [0.4, 0.5) is 10.5 Å². The number of urea groups is 1. The summed E-state index contributed by atoms with van der Waals surface area (Å²) in [6.45, 7) is 6.73. The van der Waals surface area contributed by atoms with Crippen molar-refractivity contribution >= 4 is 29.0 Å². The van der Waals surface area contributed by atoms with Gasteiger partial charge in [-0.25, -0.2) is 4.79 Å². The molecule has 0 spiro atoms. The number of aryl methyl sites for hydroxylation is 2. The molecule has 1 aromatic heterocycles. The first-order chi connectivity index (χ1) is 17.0. The molecule has 1 aliphatic heterocycles. The van der Waals surface area contributed by atoms with Gasteiger partial charge in [-0.1, -0.05) is 53.6 Å². The number of carbonyl (C=O) groups is 2. The highest BCUT2D eigenvalue weighted by Crippen LogP contribution is 2.26. The molecule has 0 aliphatic carbocycles. The summed E-state index contributed by atoms with van der Waals surface area (Å²) in [6, 6.07) is 19.8. The van der Waals surface area contributed by atoms with Crippen molar-refractivity contribution < 1.29 is 9.59 Å². The predicted octanol–water partition coefficient (Wildman–Crippen LogP) is 5.10. The third-order valence-electron chi connectivity index (χ3n) is 6.37. The highest BCUT2D eigenvalue weighted by Gasteiger charge is 2.24. The van der Waals surface area contributed by atoms with Crippen molar-refractivity contribution in [3.63, 3.8) is 0 Å². The lowest BCUT2D eigenvalue weighted by Gasteiger charge is -2.32. The summed E-state index contributed by atoms with van der Waals surface area (Å²) in [6.07, 6.45) is 2.07. The van der Waals surface area contributed by atoms with Crippen LogP contribution < -0.4 is 16.0 Å². The fourth-order valence-corrected chi connectivity index (χ4v) is 5.26. The zero-order valence-electron chi connectivity index (χ0n) is 20.4. The Bertz CT molecular complexity index is 1100. The van der Waals surface area contributed by atoms with E-state index in [-0.39, 0.29) is 18.0 Å². The highest BCUT2D eigenvalue weighted by atomic mass is 32.1. The molecular formula is C28H34N4O2S. The second kappa shape index (κ2) is 12.0. The summed E-state index contributed by atoms with van der Waals surface area (Å²) in [7, 11) is 0. The number of hydrogen-bond donors (Lipinski definition) is 3. The van der Waals surface area contributed by atoms with E-state index in [1.807, 2.05) is 42.6 Å². The van der Waals surface area contributed by atoms with E-state index in [4.69, 9.17) is 0 Å². The van der Waals surface area contributed by atoms with Crippen LogP contribution in [0.1, 0.15) is 40.5 Å². The Morgan fingerprint density at radius 2 is 1.74 bits per heavy atom. The molecule has 7 heteroatoms. The van der Waals surface area contributed by atoms with Gasteiger partial charge in [0, 0.05) is 23.7 Å². The first-order valence-electron chi connectivity index (χ1n) is 12.2. The number of thiophene rings is 1. The molecule has 1 aliphatic rings. The van der Waals surface area contributed by atoms with E-state index in [1.165, 1.54) is 5.56 Å². The summed E-state index contributed by atoms with van der Waals surface area (Å²) >= 11 is 1.65. The maximum absolute atomic E-state index is 13.0. The van der Waals surface area contributed by atoms with Gasteiger partial charge in [-0.2, -0.15) is 0 Å². The number of nitrogens with zero attached hydrogens (tertiary/aromatic N) is 1. The van der Waals surface area contributed by atoms with Crippen molar-refractivity contribution in [3.8, 4) is 0 Å². The van der Waals surface area contributed by atoms with Crippen LogP contribution in [0.3, 0.4) is 0 Å². The number of amides is 3. The molecule has 4 rings (SSSR count). The summed E-state index contributed by atoms with van der Waals surface area (Å²) in [5.74, 6) is 0.347. The third-order valence-corrected chi connectivity index (χ3v) is 7.31. The number of piperidine rings is 1. The molecule has 3 amide bonds. The Labute approximate surface area is 211 Å². The SMILES string of the molecule is Cc1ccc(NC(=O)NCC2CCCN(CC(=O)NC(c3ccc(C)cc3)c3cccs3)C2)cc1. The Morgan fingerprint density at radius 1 is 1.03 bits per heavy atom. The van der Waals surface area contributed by atoms with Gasteiger partial charge in [0.2, 0.25) is 5.91 Å². The third kappa shape index (κ3) is 7.41. The van der Waals surface area contributed by atoms with Crippen LogP contribution in [0.2, 0.25) is 0 Å². The summed E-state index contributed by atoms with van der Waals surface area (Å²) in [5, 5.41) is 11.2. The van der Waals surface area contributed by atoms with Crippen molar-refractivity contribution in [2.75, 3.05) is 31.5 Å². The number of likely N-dealkylation sites (tertiary alicyclic amines) is 1. The molecule has 3 N–H and O–H groups in total. The van der Waals surface area contributed by atoms with Gasteiger partial charge in [0.1, 0.15) is 0 Å². The van der Waals surface area contributed by atoms with Crippen molar-refractivity contribution in [2.45, 2.75) is 32.7 Å². The van der Waals surface area contributed by atoms with Crippen molar-refractivity contribution in [2.24, 2.45) is 5.92 Å². The molecule has 2 aromatic carbocycles. The molecule has 1 saturated heterocycles. The van der Waals surface area contributed by atoms with Gasteiger partial charge in [-0.3, -0.25) is 9.69 Å². The lowest BCUT2D eigenvalue weighted by Crippen LogP contribution is -2.46. The van der Waals surface area contributed by atoms with Crippen LogP contribution in [-0.4, -0.2) is 43.0 Å².